The highest BCUT2D eigenvalue weighted by Gasteiger charge is 2.41. The number of rotatable bonds is 4. The van der Waals surface area contributed by atoms with Crippen LogP contribution in [0.1, 0.15) is 32.6 Å². The van der Waals surface area contributed by atoms with Crippen molar-refractivity contribution >= 4 is 29.9 Å². The molecule has 0 amide bonds. The summed E-state index contributed by atoms with van der Waals surface area (Å²) in [6.45, 7) is 6.48. The average Bonchev–Trinajstić information content (AvgIpc) is 3.08. The van der Waals surface area contributed by atoms with Crippen LogP contribution in [0.25, 0.3) is 0 Å². The molecule has 4 nitrogen and oxygen atoms in total. The second-order valence-corrected chi connectivity index (χ2v) is 5.02. The Bertz CT molecular complexity index is 260. The van der Waals surface area contributed by atoms with Gasteiger partial charge in [-0.2, -0.15) is 0 Å². The fraction of sp³-hybridized carbons (Fsp3) is 0.917. The molecule has 1 saturated heterocycles. The quantitative estimate of drug-likeness (QED) is 0.477. The van der Waals surface area contributed by atoms with E-state index in [2.05, 4.69) is 16.8 Å². The maximum atomic E-state index is 6.00. The number of nitrogens with zero attached hydrogens (tertiary/aromatic N) is 2. The van der Waals surface area contributed by atoms with Gasteiger partial charge in [0.05, 0.1) is 13.2 Å². The summed E-state index contributed by atoms with van der Waals surface area (Å²) < 4.78 is 5.29. The van der Waals surface area contributed by atoms with E-state index in [1.54, 1.807) is 0 Å². The Labute approximate surface area is 121 Å². The minimum atomic E-state index is 0. The highest BCUT2D eigenvalue weighted by atomic mass is 127. The summed E-state index contributed by atoms with van der Waals surface area (Å²) >= 11 is 0. The molecule has 100 valence electrons. The van der Waals surface area contributed by atoms with Gasteiger partial charge in [0, 0.05) is 19.6 Å². The van der Waals surface area contributed by atoms with Gasteiger partial charge in [0.1, 0.15) is 0 Å². The summed E-state index contributed by atoms with van der Waals surface area (Å²) in [4.78, 5) is 6.70. The second kappa shape index (κ2) is 6.78. The Morgan fingerprint density at radius 3 is 2.53 bits per heavy atom. The molecular weight excluding hydrogens is 329 g/mol. The Morgan fingerprint density at radius 1 is 1.35 bits per heavy atom. The molecule has 0 spiro atoms. The zero-order valence-electron chi connectivity index (χ0n) is 10.7. The molecule has 1 aliphatic carbocycles. The summed E-state index contributed by atoms with van der Waals surface area (Å²) in [5.41, 5.74) is 6.51. The van der Waals surface area contributed by atoms with Crippen molar-refractivity contribution in [2.45, 2.75) is 32.6 Å². The van der Waals surface area contributed by atoms with E-state index in [1.165, 1.54) is 25.7 Å². The Morgan fingerprint density at radius 2 is 2.00 bits per heavy atom. The van der Waals surface area contributed by atoms with E-state index >= 15 is 0 Å². The van der Waals surface area contributed by atoms with E-state index in [0.717, 1.165) is 32.8 Å². The third kappa shape index (κ3) is 4.28. The zero-order chi connectivity index (χ0) is 11.4. The lowest BCUT2D eigenvalue weighted by molar-refractivity contribution is 0.0673. The van der Waals surface area contributed by atoms with Crippen molar-refractivity contribution in [3.05, 3.63) is 0 Å². The van der Waals surface area contributed by atoms with Crippen molar-refractivity contribution < 1.29 is 4.74 Å². The molecule has 1 saturated carbocycles. The topological polar surface area (TPSA) is 50.8 Å². The molecule has 2 fully saturated rings. The largest absolute Gasteiger partial charge is 0.378 e. The van der Waals surface area contributed by atoms with E-state index < -0.39 is 0 Å². The van der Waals surface area contributed by atoms with Gasteiger partial charge in [-0.1, -0.05) is 13.3 Å². The molecule has 2 N–H and O–H groups in total. The number of aliphatic imine (C=N–C) groups is 1. The van der Waals surface area contributed by atoms with Gasteiger partial charge >= 0.3 is 0 Å². The maximum Gasteiger partial charge on any atom is 0.191 e. The SMILES string of the molecule is CCCC1(CN=C(N)N2CCOCC2)CC1.I. The van der Waals surface area contributed by atoms with Gasteiger partial charge in [-0.3, -0.25) is 4.99 Å². The lowest BCUT2D eigenvalue weighted by atomic mass is 10.0. The van der Waals surface area contributed by atoms with Gasteiger partial charge in [0.25, 0.3) is 0 Å². The van der Waals surface area contributed by atoms with E-state index in [4.69, 9.17) is 10.5 Å². The minimum absolute atomic E-state index is 0. The molecular formula is C12H24IN3O. The van der Waals surface area contributed by atoms with Crippen molar-refractivity contribution in [1.82, 2.24) is 4.90 Å². The number of halogens is 1. The van der Waals surface area contributed by atoms with Gasteiger partial charge in [-0.25, -0.2) is 0 Å². The van der Waals surface area contributed by atoms with Gasteiger partial charge in [0.15, 0.2) is 5.96 Å². The van der Waals surface area contributed by atoms with E-state index in [9.17, 15) is 0 Å². The fourth-order valence-corrected chi connectivity index (χ4v) is 2.34. The molecule has 0 aromatic carbocycles. The standard InChI is InChI=1S/C12H23N3O.HI/c1-2-3-12(4-5-12)10-14-11(13)15-6-8-16-9-7-15;/h2-10H2,1H3,(H2,13,14);1H. The van der Waals surface area contributed by atoms with Crippen molar-refractivity contribution in [2.75, 3.05) is 32.8 Å². The molecule has 0 bridgehead atoms. The Kier molecular flexibility index (Phi) is 5.99. The molecule has 0 unspecified atom stereocenters. The average molecular weight is 353 g/mol. The smallest absolute Gasteiger partial charge is 0.191 e. The number of guanidine groups is 1. The lowest BCUT2D eigenvalue weighted by Gasteiger charge is -2.28. The molecule has 0 aromatic heterocycles. The third-order valence-corrected chi connectivity index (χ3v) is 3.65. The van der Waals surface area contributed by atoms with Crippen molar-refractivity contribution in [3.8, 4) is 0 Å². The summed E-state index contributed by atoms with van der Waals surface area (Å²) in [5.74, 6) is 0.714. The maximum absolute atomic E-state index is 6.00. The first kappa shape index (κ1) is 15.0. The van der Waals surface area contributed by atoms with Crippen molar-refractivity contribution in [3.63, 3.8) is 0 Å². The van der Waals surface area contributed by atoms with Gasteiger partial charge < -0.3 is 15.4 Å². The summed E-state index contributed by atoms with van der Waals surface area (Å²) in [7, 11) is 0. The van der Waals surface area contributed by atoms with Crippen LogP contribution >= 0.6 is 24.0 Å². The molecule has 2 aliphatic rings. The van der Waals surface area contributed by atoms with Crippen molar-refractivity contribution in [1.29, 1.82) is 0 Å². The van der Waals surface area contributed by atoms with Crippen LogP contribution in [0.15, 0.2) is 4.99 Å². The van der Waals surface area contributed by atoms with Crippen LogP contribution in [0.3, 0.4) is 0 Å². The number of nitrogens with two attached hydrogens (primary N) is 1. The van der Waals surface area contributed by atoms with Crippen molar-refractivity contribution in [2.24, 2.45) is 16.1 Å². The van der Waals surface area contributed by atoms with Gasteiger partial charge in [0.2, 0.25) is 0 Å². The monoisotopic (exact) mass is 353 g/mol. The summed E-state index contributed by atoms with van der Waals surface area (Å²) in [5, 5.41) is 0. The highest BCUT2D eigenvalue weighted by molar-refractivity contribution is 14.0. The van der Waals surface area contributed by atoms with Gasteiger partial charge in [-0.05, 0) is 24.7 Å². The highest BCUT2D eigenvalue weighted by Crippen LogP contribution is 2.49. The van der Waals surface area contributed by atoms with E-state index in [1.807, 2.05) is 0 Å². The summed E-state index contributed by atoms with van der Waals surface area (Å²) in [6.07, 6.45) is 5.22. The van der Waals surface area contributed by atoms with Crippen LogP contribution in [0.5, 0.6) is 0 Å². The van der Waals surface area contributed by atoms with E-state index in [-0.39, 0.29) is 24.0 Å². The molecule has 1 aliphatic heterocycles. The first-order valence-corrected chi connectivity index (χ1v) is 6.38. The molecule has 2 rings (SSSR count). The summed E-state index contributed by atoms with van der Waals surface area (Å²) in [6, 6.07) is 0. The van der Waals surface area contributed by atoms with Gasteiger partial charge in [-0.15, -0.1) is 24.0 Å². The van der Waals surface area contributed by atoms with Crippen LogP contribution in [0, 0.1) is 5.41 Å². The molecule has 17 heavy (non-hydrogen) atoms. The number of ether oxygens (including phenoxy) is 1. The predicted molar refractivity (Wildman–Crippen MR) is 80.9 cm³/mol. The first-order chi connectivity index (χ1) is 7.76. The number of morpholine rings is 1. The third-order valence-electron chi connectivity index (χ3n) is 3.65. The van der Waals surface area contributed by atoms with E-state index in [0.29, 0.717) is 11.4 Å². The molecule has 0 radical (unpaired) electrons. The van der Waals surface area contributed by atoms with Crippen LogP contribution < -0.4 is 5.73 Å². The second-order valence-electron chi connectivity index (χ2n) is 5.02. The van der Waals surface area contributed by atoms with Crippen LogP contribution in [0.4, 0.5) is 0 Å². The normalized spacial score (nSPS) is 23.1. The fourth-order valence-electron chi connectivity index (χ4n) is 2.34. The predicted octanol–water partition coefficient (Wildman–Crippen LogP) is 1.83. The molecule has 5 heteroatoms. The number of hydrogen-bond donors (Lipinski definition) is 1. The zero-order valence-corrected chi connectivity index (χ0v) is 13.0. The minimum Gasteiger partial charge on any atom is -0.378 e. The molecule has 0 aromatic rings. The molecule has 0 atom stereocenters. The van der Waals surface area contributed by atoms with Crippen LogP contribution in [-0.2, 0) is 4.74 Å². The molecule has 1 heterocycles. The van der Waals surface area contributed by atoms with Crippen LogP contribution in [0.2, 0.25) is 0 Å². The Balaban J connectivity index is 0.00000144. The first-order valence-electron chi connectivity index (χ1n) is 6.38. The number of hydrogen-bond acceptors (Lipinski definition) is 2. The van der Waals surface area contributed by atoms with Crippen LogP contribution in [-0.4, -0.2) is 43.7 Å². The Hall–Kier alpha value is -0.0400. The lowest BCUT2D eigenvalue weighted by Crippen LogP contribution is -2.45.